The Labute approximate surface area is 177 Å². The molecule has 0 bridgehead atoms. The first-order valence-electron chi connectivity index (χ1n) is 9.57. The second-order valence-electron chi connectivity index (χ2n) is 6.83. The largest absolute Gasteiger partial charge is 0.497 e. The van der Waals surface area contributed by atoms with Gasteiger partial charge in [0.25, 0.3) is 0 Å². The second kappa shape index (κ2) is 9.04. The van der Waals surface area contributed by atoms with Gasteiger partial charge < -0.3 is 9.30 Å². The van der Waals surface area contributed by atoms with Crippen LogP contribution in [0.3, 0.4) is 0 Å². The van der Waals surface area contributed by atoms with Crippen molar-refractivity contribution in [2.24, 2.45) is 0 Å². The number of aryl methyl sites for hydroxylation is 1. The van der Waals surface area contributed by atoms with Crippen LogP contribution in [0, 0.1) is 5.82 Å². The van der Waals surface area contributed by atoms with Gasteiger partial charge in [-0.05, 0) is 42.3 Å². The number of benzene rings is 2. The van der Waals surface area contributed by atoms with Gasteiger partial charge in [0.15, 0.2) is 5.13 Å². The number of imidazole rings is 1. The number of halogens is 1. The molecule has 154 valence electrons. The molecule has 4 aromatic rings. The summed E-state index contributed by atoms with van der Waals surface area (Å²) in [6.07, 6.45) is 6.37. The van der Waals surface area contributed by atoms with Crippen LogP contribution in [0.1, 0.15) is 12.0 Å². The molecule has 0 atom stereocenters. The molecule has 0 aliphatic heterocycles. The third-order valence-corrected chi connectivity index (χ3v) is 5.78. The molecule has 8 heteroatoms. The minimum atomic E-state index is -0.311. The van der Waals surface area contributed by atoms with Crippen LogP contribution in [0.25, 0.3) is 10.2 Å². The molecule has 0 aliphatic rings. The number of carbonyl (C=O) groups excluding carboxylic acids is 1. The van der Waals surface area contributed by atoms with E-state index < -0.39 is 0 Å². The first-order chi connectivity index (χ1) is 14.6. The summed E-state index contributed by atoms with van der Waals surface area (Å²) in [5.74, 6) is 0.385. The predicted octanol–water partition coefficient (Wildman–Crippen LogP) is 4.31. The monoisotopic (exact) mass is 424 g/mol. The van der Waals surface area contributed by atoms with Crippen molar-refractivity contribution in [1.82, 2.24) is 14.5 Å². The van der Waals surface area contributed by atoms with E-state index in [1.807, 2.05) is 35.0 Å². The van der Waals surface area contributed by atoms with Gasteiger partial charge in [-0.15, -0.1) is 0 Å². The lowest BCUT2D eigenvalue weighted by Gasteiger charge is -2.20. The Balaban J connectivity index is 1.55. The van der Waals surface area contributed by atoms with E-state index in [-0.39, 0.29) is 18.1 Å². The SMILES string of the molecule is COc1ccc(CC(=O)N(CCCn2ccnc2)c2nc3ccc(F)cc3s2)cc1. The molecule has 2 aromatic carbocycles. The van der Waals surface area contributed by atoms with Gasteiger partial charge in [0.1, 0.15) is 11.6 Å². The van der Waals surface area contributed by atoms with E-state index in [1.54, 1.807) is 30.6 Å². The van der Waals surface area contributed by atoms with Crippen molar-refractivity contribution >= 4 is 32.6 Å². The summed E-state index contributed by atoms with van der Waals surface area (Å²) < 4.78 is 21.5. The summed E-state index contributed by atoms with van der Waals surface area (Å²) in [4.78, 5) is 23.5. The predicted molar refractivity (Wildman–Crippen MR) is 115 cm³/mol. The molecule has 0 spiro atoms. The number of hydrogen-bond donors (Lipinski definition) is 0. The molecule has 1 amide bonds. The number of fused-ring (bicyclic) bond motifs is 1. The molecule has 30 heavy (non-hydrogen) atoms. The first kappa shape index (κ1) is 20.0. The van der Waals surface area contributed by atoms with Crippen LogP contribution in [0.2, 0.25) is 0 Å². The van der Waals surface area contributed by atoms with Gasteiger partial charge >= 0.3 is 0 Å². The fourth-order valence-corrected chi connectivity index (χ4v) is 4.21. The maximum Gasteiger partial charge on any atom is 0.233 e. The number of methoxy groups -OCH3 is 1. The van der Waals surface area contributed by atoms with Crippen molar-refractivity contribution < 1.29 is 13.9 Å². The van der Waals surface area contributed by atoms with Crippen molar-refractivity contribution in [1.29, 1.82) is 0 Å². The zero-order valence-corrected chi connectivity index (χ0v) is 17.3. The third kappa shape index (κ3) is 4.65. The van der Waals surface area contributed by atoms with Gasteiger partial charge in [-0.1, -0.05) is 23.5 Å². The number of anilines is 1. The number of nitrogens with zero attached hydrogens (tertiary/aromatic N) is 4. The average Bonchev–Trinajstić information content (AvgIpc) is 3.41. The van der Waals surface area contributed by atoms with Crippen LogP contribution in [-0.4, -0.2) is 34.1 Å². The highest BCUT2D eigenvalue weighted by atomic mass is 32.1. The van der Waals surface area contributed by atoms with Crippen LogP contribution in [-0.2, 0) is 17.8 Å². The van der Waals surface area contributed by atoms with E-state index >= 15 is 0 Å². The van der Waals surface area contributed by atoms with Crippen LogP contribution < -0.4 is 9.64 Å². The maximum absolute atomic E-state index is 13.6. The van der Waals surface area contributed by atoms with Crippen LogP contribution >= 0.6 is 11.3 Å². The Hall–Kier alpha value is -3.26. The Morgan fingerprint density at radius 1 is 1.23 bits per heavy atom. The fourth-order valence-electron chi connectivity index (χ4n) is 3.17. The highest BCUT2D eigenvalue weighted by molar-refractivity contribution is 7.22. The Kier molecular flexibility index (Phi) is 6.04. The van der Waals surface area contributed by atoms with Crippen molar-refractivity contribution in [2.45, 2.75) is 19.4 Å². The Bertz CT molecular complexity index is 1130. The second-order valence-corrected chi connectivity index (χ2v) is 7.84. The van der Waals surface area contributed by atoms with Gasteiger partial charge in [-0.25, -0.2) is 14.4 Å². The average molecular weight is 425 g/mol. The molecule has 2 heterocycles. The van der Waals surface area contributed by atoms with Crippen LogP contribution in [0.5, 0.6) is 5.75 Å². The minimum absolute atomic E-state index is 0.0506. The fraction of sp³-hybridized carbons (Fsp3) is 0.227. The molecular weight excluding hydrogens is 403 g/mol. The molecular formula is C22H21FN4O2S. The molecule has 0 N–H and O–H groups in total. The first-order valence-corrected chi connectivity index (χ1v) is 10.4. The molecule has 4 rings (SSSR count). The topological polar surface area (TPSA) is 60.2 Å². The van der Waals surface area contributed by atoms with E-state index in [4.69, 9.17) is 4.74 Å². The number of thiazole rings is 1. The van der Waals surface area contributed by atoms with Crippen molar-refractivity contribution in [3.05, 3.63) is 72.6 Å². The van der Waals surface area contributed by atoms with Crippen molar-refractivity contribution in [3.8, 4) is 5.75 Å². The lowest BCUT2D eigenvalue weighted by molar-refractivity contribution is -0.118. The molecule has 0 radical (unpaired) electrons. The number of ether oxygens (including phenoxy) is 1. The molecule has 0 fully saturated rings. The lowest BCUT2D eigenvalue weighted by atomic mass is 10.1. The van der Waals surface area contributed by atoms with Crippen molar-refractivity contribution in [2.75, 3.05) is 18.6 Å². The zero-order valence-electron chi connectivity index (χ0n) is 16.5. The maximum atomic E-state index is 13.6. The number of amides is 1. The van der Waals surface area contributed by atoms with E-state index in [9.17, 15) is 9.18 Å². The van der Waals surface area contributed by atoms with E-state index in [1.165, 1.54) is 23.5 Å². The summed E-state index contributed by atoms with van der Waals surface area (Å²) in [5, 5.41) is 0.583. The summed E-state index contributed by atoms with van der Waals surface area (Å²) >= 11 is 1.33. The highest BCUT2D eigenvalue weighted by Gasteiger charge is 2.20. The number of carbonyl (C=O) groups is 1. The number of rotatable bonds is 8. The summed E-state index contributed by atoms with van der Waals surface area (Å²) in [6.45, 7) is 1.25. The lowest BCUT2D eigenvalue weighted by Crippen LogP contribution is -2.33. The smallest absolute Gasteiger partial charge is 0.233 e. The Morgan fingerprint density at radius 2 is 2.07 bits per heavy atom. The van der Waals surface area contributed by atoms with E-state index in [2.05, 4.69) is 9.97 Å². The summed E-state index contributed by atoms with van der Waals surface area (Å²) in [7, 11) is 1.61. The van der Waals surface area contributed by atoms with Gasteiger partial charge in [0.05, 0.1) is 30.1 Å². The summed E-state index contributed by atoms with van der Waals surface area (Å²) in [6, 6.07) is 11.9. The van der Waals surface area contributed by atoms with Gasteiger partial charge in [0.2, 0.25) is 5.91 Å². The highest BCUT2D eigenvalue weighted by Crippen LogP contribution is 2.30. The van der Waals surface area contributed by atoms with E-state index in [0.717, 1.165) is 29.0 Å². The standard InChI is InChI=1S/C22H21FN4O2S/c1-29-18-6-3-16(4-7-18)13-21(28)27(11-2-10-26-12-9-24-15-26)22-25-19-8-5-17(23)14-20(19)30-22/h3-9,12,14-15H,2,10-11,13H2,1H3. The molecule has 0 unspecified atom stereocenters. The van der Waals surface area contributed by atoms with E-state index in [0.29, 0.717) is 17.2 Å². The summed E-state index contributed by atoms with van der Waals surface area (Å²) in [5.41, 5.74) is 1.58. The Morgan fingerprint density at radius 3 is 2.80 bits per heavy atom. The minimum Gasteiger partial charge on any atom is -0.497 e. The number of aromatic nitrogens is 3. The van der Waals surface area contributed by atoms with Crippen molar-refractivity contribution in [3.63, 3.8) is 0 Å². The third-order valence-electron chi connectivity index (χ3n) is 4.74. The van der Waals surface area contributed by atoms with Gasteiger partial charge in [-0.3, -0.25) is 9.69 Å². The molecule has 6 nitrogen and oxygen atoms in total. The van der Waals surface area contributed by atoms with Gasteiger partial charge in [-0.2, -0.15) is 0 Å². The normalized spacial score (nSPS) is 11.0. The molecule has 2 aromatic heterocycles. The molecule has 0 aliphatic carbocycles. The number of hydrogen-bond acceptors (Lipinski definition) is 5. The van der Waals surface area contributed by atoms with Crippen LogP contribution in [0.15, 0.2) is 61.2 Å². The van der Waals surface area contributed by atoms with Gasteiger partial charge in [0, 0.05) is 25.5 Å². The quantitative estimate of drug-likeness (QED) is 0.423. The molecule has 0 saturated heterocycles. The molecule has 0 saturated carbocycles. The van der Waals surface area contributed by atoms with Crippen LogP contribution in [0.4, 0.5) is 9.52 Å². The zero-order chi connectivity index (χ0) is 20.9.